The first kappa shape index (κ1) is 103. The van der Waals surface area contributed by atoms with Crippen molar-refractivity contribution >= 4 is 66.4 Å². The number of nitriles is 3. The van der Waals surface area contributed by atoms with Crippen molar-refractivity contribution in [3.63, 3.8) is 0 Å². The van der Waals surface area contributed by atoms with Gasteiger partial charge in [0.2, 0.25) is 17.7 Å². The van der Waals surface area contributed by atoms with Crippen molar-refractivity contribution in [2.24, 2.45) is 59.2 Å². The Kier molecular flexibility index (Phi) is 40.5. The van der Waals surface area contributed by atoms with Gasteiger partial charge in [-0.3, -0.25) is 24.1 Å². The maximum atomic E-state index is 13.1. The highest BCUT2D eigenvalue weighted by molar-refractivity contribution is 5.85. The van der Waals surface area contributed by atoms with E-state index in [0.717, 1.165) is 161 Å². The summed E-state index contributed by atoms with van der Waals surface area (Å²) in [5.74, 6) is 5.18. The van der Waals surface area contributed by atoms with Gasteiger partial charge in [0.1, 0.15) is 60.5 Å². The SMILES string of the molecule is C.C.C.C.CC(C)NC(=O)OC1C[C@@H]2CC(N(CC(=O)N3CCC[C@H]3C#N)C(=O)OC(C)(C)C)C[C@@H]2C1.CC(C)NC(=O)OC1C[C@H]2CC(=O)C[C@H]2C1.CC(C)NC(=O)OC1C[C@H]2CC(NCC(=O)N3CCC[C@H]3C#N)C[C@H]2C1.CC(C)NC(=O)OC1C[C@H]2CC(NCC(=O)N3CCC[C@H]3C#N)C[C@H]2C1.Cl.OC1C[C@@H]2CC3(C[C@@H]2C1)OCCO3. The summed E-state index contributed by atoms with van der Waals surface area (Å²) in [7, 11) is 0. The molecule has 30 nitrogen and oxygen atoms in total. The van der Waals surface area contributed by atoms with Crippen molar-refractivity contribution < 1.29 is 81.4 Å². The van der Waals surface area contributed by atoms with Gasteiger partial charge in [-0.15, -0.1) is 12.4 Å². The van der Waals surface area contributed by atoms with Crippen LogP contribution in [-0.4, -0.2) is 233 Å². The lowest BCUT2D eigenvalue weighted by Crippen LogP contribution is -2.49. The number of Topliss-reactive ketones (excluding diaryl/α,β-unsaturated/α-hetero) is 1. The van der Waals surface area contributed by atoms with Gasteiger partial charge >= 0.3 is 30.5 Å². The van der Waals surface area contributed by atoms with Crippen LogP contribution in [0.25, 0.3) is 0 Å². The van der Waals surface area contributed by atoms with E-state index in [1.807, 2.05) is 76.2 Å². The molecule has 10 aliphatic carbocycles. The van der Waals surface area contributed by atoms with E-state index in [2.05, 4.69) is 50.1 Å². The van der Waals surface area contributed by atoms with Crippen LogP contribution < -0.4 is 31.9 Å². The number of amides is 8. The number of ketones is 1. The number of nitrogens with zero attached hydrogens (tertiary/aromatic N) is 7. The van der Waals surface area contributed by atoms with Crippen molar-refractivity contribution in [3.05, 3.63) is 0 Å². The third-order valence-electron chi connectivity index (χ3n) is 25.8. The zero-order chi connectivity index (χ0) is 82.3. The molecule has 21 atom stereocenters. The van der Waals surface area contributed by atoms with E-state index in [1.54, 1.807) is 19.6 Å². The van der Waals surface area contributed by atoms with Gasteiger partial charge in [0.25, 0.3) is 0 Å². The molecule has 7 N–H and O–H groups in total. The average molecular weight is 1700 g/mol. The molecule has 8 amide bonds. The van der Waals surface area contributed by atoms with E-state index < -0.39 is 17.7 Å². The van der Waals surface area contributed by atoms with Crippen molar-refractivity contribution in [1.82, 2.24) is 51.5 Å². The molecule has 4 heterocycles. The number of halogens is 1. The lowest BCUT2D eigenvalue weighted by atomic mass is 10.0. The Morgan fingerprint density at radius 2 is 0.773 bits per heavy atom. The first-order chi connectivity index (χ1) is 54.2. The Labute approximate surface area is 716 Å². The molecule has 0 aromatic carbocycles. The zero-order valence-corrected chi connectivity index (χ0v) is 70.8. The predicted octanol–water partition coefficient (Wildman–Crippen LogP) is 12.7. The summed E-state index contributed by atoms with van der Waals surface area (Å²) < 4.78 is 38.9. The van der Waals surface area contributed by atoms with Crippen LogP contribution in [0.3, 0.4) is 0 Å². The number of carbonyl (C=O) groups excluding carboxylic acids is 9. The van der Waals surface area contributed by atoms with Crippen LogP contribution in [0, 0.1) is 93.2 Å². The van der Waals surface area contributed by atoms with Crippen molar-refractivity contribution in [3.8, 4) is 18.2 Å². The summed E-state index contributed by atoms with van der Waals surface area (Å²) in [6.45, 7) is 24.7. The summed E-state index contributed by atoms with van der Waals surface area (Å²) in [5, 5.41) is 54.8. The van der Waals surface area contributed by atoms with Crippen molar-refractivity contribution in [1.29, 1.82) is 15.8 Å². The van der Waals surface area contributed by atoms with Crippen molar-refractivity contribution in [2.45, 2.75) is 375 Å². The summed E-state index contributed by atoms with van der Waals surface area (Å²) in [5.41, 5.74) is -0.668. The number of ether oxygens (including phenoxy) is 7. The quantitative estimate of drug-likeness (QED) is 0.0665. The molecule has 4 aliphatic heterocycles. The molecule has 14 aliphatic rings. The summed E-state index contributed by atoms with van der Waals surface area (Å²) in [6.07, 6.45) is 20.9. The molecule has 14 fully saturated rings. The lowest BCUT2D eigenvalue weighted by Gasteiger charge is -2.33. The van der Waals surface area contributed by atoms with Crippen LogP contribution in [-0.2, 0) is 52.3 Å². The molecule has 8 unspecified atom stereocenters. The average Bonchev–Trinajstić information content (AvgIpc) is 1.61. The maximum absolute atomic E-state index is 13.1. The molecule has 1 spiro atoms. The van der Waals surface area contributed by atoms with Gasteiger partial charge in [-0.05, 0) is 277 Å². The second kappa shape index (κ2) is 47.0. The first-order valence-electron chi connectivity index (χ1n) is 43.1. The number of nitrogens with one attached hydrogen (secondary N) is 6. The standard InChI is InChI=1S/C24H38N4O5.2C19H30N4O3.C12H19NO3.C10H16O3.4CH4.ClH/c1-15(2)26-22(30)32-20-11-16-9-19(10-17(16)12-20)28(23(31)33-24(3,4)5)14-21(29)27-8-6-7-18(27)13-25;2*1-12(2)22-19(25)26-17-8-13-6-15(7-14(13)9-17)21-11-18(24)23-5-3-4-16(23)10-20;1-7(2)13-12(15)16-11-5-8-3-10(14)4-9(8)6-11;11-9-3-7-5-10(6-8(7)4-9)12-1-2-13-10;;;;;/h15-20H,6-12,14H2,1-5H3,(H,26,30);2*12-17,21H,3-9,11H2,1-2H3,(H,22,25);7-9,11H,3-6H2,1-2H3,(H,13,15);7-9,11H,1-6H2;4*1H4;1H/t16-,17+,18-,19?,20?;2*13-,14+,15?,16-,17?;8-,9+,11?;7-,8+,9?;;;;;/m000......./s1. The van der Waals surface area contributed by atoms with E-state index in [4.69, 9.17) is 43.7 Å². The Morgan fingerprint density at radius 1 is 0.471 bits per heavy atom. The summed E-state index contributed by atoms with van der Waals surface area (Å²) in [6, 6.07) is 6.62. The predicted molar refractivity (Wildman–Crippen MR) is 453 cm³/mol. The fourth-order valence-electron chi connectivity index (χ4n) is 21.1. The second-order valence-electron chi connectivity index (χ2n) is 37.3. The van der Waals surface area contributed by atoms with E-state index in [9.17, 15) is 53.5 Å². The smallest absolute Gasteiger partial charge is 0.411 e. The zero-order valence-electron chi connectivity index (χ0n) is 70.0. The van der Waals surface area contributed by atoms with E-state index >= 15 is 0 Å². The topological polar surface area (TPSA) is 395 Å². The van der Waals surface area contributed by atoms with E-state index in [-0.39, 0.29) is 169 Å². The van der Waals surface area contributed by atoms with Gasteiger partial charge in [0.15, 0.2) is 5.79 Å². The third-order valence-corrected chi connectivity index (χ3v) is 25.8. The fourth-order valence-corrected chi connectivity index (χ4v) is 21.1. The van der Waals surface area contributed by atoms with Gasteiger partial charge in [-0.1, -0.05) is 29.7 Å². The van der Waals surface area contributed by atoms with Gasteiger partial charge in [-0.25, -0.2) is 24.0 Å². The minimum Gasteiger partial charge on any atom is -0.446 e. The van der Waals surface area contributed by atoms with Gasteiger partial charge in [-0.2, -0.15) is 15.8 Å². The molecule has 676 valence electrons. The van der Waals surface area contributed by atoms with Gasteiger partial charge in [0.05, 0.1) is 50.6 Å². The molecule has 0 aromatic heterocycles. The van der Waals surface area contributed by atoms with Gasteiger partial charge in [0, 0.05) is 87.6 Å². The highest BCUT2D eigenvalue weighted by Gasteiger charge is 2.54. The number of rotatable bonds is 17. The molecular weight excluding hydrogens is 1550 g/mol. The minimum atomic E-state index is -0.668. The van der Waals surface area contributed by atoms with E-state index in [0.29, 0.717) is 129 Å². The fraction of sp³-hybridized carbons (Fsp3) is 0.864. The molecule has 0 aromatic rings. The van der Waals surface area contributed by atoms with Crippen LogP contribution in [0.2, 0.25) is 0 Å². The number of hydrogen-bond donors (Lipinski definition) is 7. The maximum Gasteiger partial charge on any atom is 0.411 e. The second-order valence-corrected chi connectivity index (χ2v) is 37.3. The number of alkyl carbamates (subject to hydrolysis) is 4. The molecular formula is C88H150ClN13O17. The van der Waals surface area contributed by atoms with Crippen LogP contribution in [0.4, 0.5) is 24.0 Å². The summed E-state index contributed by atoms with van der Waals surface area (Å²) in [4.78, 5) is 115. The normalized spacial score (nSPS) is 32.1. The van der Waals surface area contributed by atoms with Crippen molar-refractivity contribution in [2.75, 3.05) is 52.5 Å². The molecule has 4 saturated heterocycles. The largest absolute Gasteiger partial charge is 0.446 e. The molecule has 0 radical (unpaired) electrons. The monoisotopic (exact) mass is 1700 g/mol. The molecule has 31 heteroatoms. The molecule has 10 saturated carbocycles. The first-order valence-corrected chi connectivity index (χ1v) is 43.1. The minimum absolute atomic E-state index is 0. The summed E-state index contributed by atoms with van der Waals surface area (Å²) >= 11 is 0. The molecule has 14 rings (SSSR count). The van der Waals surface area contributed by atoms with Crippen LogP contribution in [0.1, 0.15) is 273 Å². The van der Waals surface area contributed by atoms with Crippen LogP contribution >= 0.6 is 12.4 Å². The molecule has 0 bridgehead atoms. The van der Waals surface area contributed by atoms with Gasteiger partial charge < -0.3 is 84.9 Å². The number of fused-ring (bicyclic) bond motifs is 5. The number of hydrogen-bond acceptors (Lipinski definition) is 22. The number of likely N-dealkylation sites (tertiary alicyclic amines) is 3. The number of aliphatic hydroxyl groups is 1. The Morgan fingerprint density at radius 3 is 1.08 bits per heavy atom. The Balaban J connectivity index is 0.000000270. The number of carbonyl (C=O) groups is 9. The van der Waals surface area contributed by atoms with Crippen LogP contribution in [0.5, 0.6) is 0 Å². The number of aliphatic hydroxyl groups excluding tert-OH is 1. The molecule has 119 heavy (non-hydrogen) atoms. The Hall–Kier alpha value is -7.01. The highest BCUT2D eigenvalue weighted by Crippen LogP contribution is 2.53. The highest BCUT2D eigenvalue weighted by atomic mass is 35.5. The third kappa shape index (κ3) is 29.6. The van der Waals surface area contributed by atoms with E-state index in [1.165, 1.54) is 0 Å². The van der Waals surface area contributed by atoms with Crippen LogP contribution in [0.15, 0.2) is 0 Å². The lowest BCUT2D eigenvalue weighted by molar-refractivity contribution is -0.156. The Bertz CT molecular complexity index is 3260.